The first-order valence-electron chi connectivity index (χ1n) is 30.9. The van der Waals surface area contributed by atoms with E-state index in [9.17, 15) is 46.7 Å². The van der Waals surface area contributed by atoms with Crippen molar-refractivity contribution in [3.63, 3.8) is 0 Å². The van der Waals surface area contributed by atoms with Crippen LogP contribution < -0.4 is 50.1 Å². The molecule has 6 heterocycles. The molecule has 100 heavy (non-hydrogen) atoms. The van der Waals surface area contributed by atoms with Crippen molar-refractivity contribution in [3.05, 3.63) is 99.0 Å². The van der Waals surface area contributed by atoms with Gasteiger partial charge in [-0.05, 0) is 124 Å². The highest BCUT2D eigenvalue weighted by atomic mass is 79.9. The van der Waals surface area contributed by atoms with Crippen molar-refractivity contribution in [3.8, 4) is 70.9 Å². The number of carboxylic acid groups (broad SMARTS) is 1. The molecule has 3 aromatic heterocycles. The summed E-state index contributed by atoms with van der Waals surface area (Å²) in [6.45, 7) is 30.8. The van der Waals surface area contributed by atoms with Gasteiger partial charge in [0.1, 0.15) is 48.3 Å². The van der Waals surface area contributed by atoms with Crippen LogP contribution >= 0.6 is 15.9 Å². The smallest absolute Gasteiger partial charge is 0.385 e. The number of methoxy groups -OCH3 is 3. The average molecular weight is 1450 g/mol. The van der Waals surface area contributed by atoms with Crippen LogP contribution in [0.5, 0.6) is 34.9 Å². The maximum atomic E-state index is 14.1. The van der Waals surface area contributed by atoms with Crippen LogP contribution in [0, 0.1) is 66.9 Å². The molecule has 25 nitrogen and oxygen atoms in total. The van der Waals surface area contributed by atoms with E-state index in [-0.39, 0.29) is 54.1 Å². The predicted molar refractivity (Wildman–Crippen MR) is 364 cm³/mol. The molecule has 3 aliphatic rings. The lowest BCUT2D eigenvalue weighted by atomic mass is 9.97. The van der Waals surface area contributed by atoms with Gasteiger partial charge in [-0.25, -0.2) is 52.2 Å². The number of hydrogen-bond acceptors (Lipinski definition) is 18. The summed E-state index contributed by atoms with van der Waals surface area (Å²) in [4.78, 5) is 99.8. The Morgan fingerprint density at radius 1 is 0.580 bits per heavy atom. The van der Waals surface area contributed by atoms with Gasteiger partial charge in [0, 0.05) is 80.1 Å². The van der Waals surface area contributed by atoms with Crippen LogP contribution in [0.25, 0.3) is 42.0 Å². The van der Waals surface area contributed by atoms with Crippen LogP contribution in [-0.2, 0) is 38.2 Å². The van der Waals surface area contributed by atoms with Gasteiger partial charge in [-0.2, -0.15) is 0 Å². The normalized spacial score (nSPS) is 19.5. The van der Waals surface area contributed by atoms with Gasteiger partial charge in [0.25, 0.3) is 23.6 Å². The summed E-state index contributed by atoms with van der Waals surface area (Å²) in [7, 11) is 4.29. The number of esters is 2. The number of hydrogen-bond donors (Lipinski definition) is 5. The van der Waals surface area contributed by atoms with Crippen LogP contribution in [0.4, 0.5) is 24.5 Å². The number of rotatable bonds is 16. The van der Waals surface area contributed by atoms with Crippen molar-refractivity contribution >= 4 is 101 Å². The largest absolute Gasteiger partial charge is 0.508 e. The monoisotopic (exact) mass is 1440 g/mol. The lowest BCUT2D eigenvalue weighted by molar-refractivity contribution is -0.148. The fourth-order valence-corrected chi connectivity index (χ4v) is 11.1. The minimum Gasteiger partial charge on any atom is -0.508 e. The SMILES string of the molecule is C#CC(=O)OC(C)(C)C.CC[C@@H]1[C@H](F)C(=O)N[C@@H]1COc1ncc(C#CC(=O)O)c2cc(C(N)=O)c(OC)cc12.[C-]#[N+]c1cc2c(Br)cnc(OC[C@H]3NC(=O)[C@@H](F)[C@H]3CC)c2cc1OC.[C-]#[N+]c1cc2c(C#CC(=O)OC(C)(C)C)cnc(OC[C@H]3NC(=O)[C@@H](F)[C@H]3CC)c2cc1OC. The molecule has 9 atom stereocenters. The maximum Gasteiger partial charge on any atom is 0.385 e. The van der Waals surface area contributed by atoms with Gasteiger partial charge < -0.3 is 64.7 Å². The van der Waals surface area contributed by atoms with E-state index in [1.165, 1.54) is 45.9 Å². The summed E-state index contributed by atoms with van der Waals surface area (Å²) in [5, 5.41) is 19.9. The zero-order chi connectivity index (χ0) is 74.1. The number of benzene rings is 3. The third-order valence-corrected chi connectivity index (χ3v) is 16.1. The number of carbonyl (C=O) groups is 7. The summed E-state index contributed by atoms with van der Waals surface area (Å²) in [5.74, 6) is 6.35. The Kier molecular flexibility index (Phi) is 26.8. The lowest BCUT2D eigenvalue weighted by Crippen LogP contribution is -2.34. The van der Waals surface area contributed by atoms with Crippen molar-refractivity contribution < 1.29 is 89.7 Å². The highest BCUT2D eigenvalue weighted by molar-refractivity contribution is 9.10. The molecule has 3 aliphatic heterocycles. The number of halogens is 4. The third kappa shape index (κ3) is 19.6. The number of terminal acetylenes is 1. The third-order valence-electron chi connectivity index (χ3n) is 15.5. The molecule has 0 aliphatic carbocycles. The van der Waals surface area contributed by atoms with E-state index in [1.54, 1.807) is 78.9 Å². The number of carbonyl (C=O) groups excluding carboxylic acids is 6. The summed E-state index contributed by atoms with van der Waals surface area (Å²) >= 11 is 3.43. The van der Waals surface area contributed by atoms with E-state index in [2.05, 4.69) is 74.3 Å². The van der Waals surface area contributed by atoms with Gasteiger partial charge in [0.15, 0.2) is 18.5 Å². The lowest BCUT2D eigenvalue weighted by Gasteiger charge is -2.19. The summed E-state index contributed by atoms with van der Waals surface area (Å²) in [5.41, 5.74) is 5.60. The number of amides is 4. The standard InChI is InChI=1S/C25H26FN3O5.C21H20FN3O6.C18H17BrFN3O3.C7H10O2/c1-7-15-19(29-23(31)22(15)26)13-33-24-17-11-20(32-6)18(27-5)10-16(17)14(12-28-24)8-9-21(30)34-25(2,3)4;1-3-11-15(25-20(29)18(11)22)9-31-21-13-7-16(30-2)14(19(23)28)6-12(13)10(8-24-21)4-5-17(26)27;1-4-9-14(23-17(24)16(9)20)8-26-18-11-6-15(25-3)13(21-2)5-10(11)12(19)7-22-18;1-5-6(8)9-7(2,3)4/h10-12,15,19,22H,7,13H2,1-4,6H3,(H,29,31);6-8,11,15,18H,3,9H2,1-2H3,(H2,23,28)(H,25,29)(H,26,27);5-7,9,14,16H,4,8H2,1,3H3,(H,23,24);1H,2-4H3/t15-,19+,22-;11-,15+,18-;9-,14+,16-;/m000./s1. The van der Waals surface area contributed by atoms with Gasteiger partial charge in [0.05, 0.1) is 69.3 Å². The number of aliphatic carboxylic acids is 1. The summed E-state index contributed by atoms with van der Waals surface area (Å²) in [6.07, 6.45) is 5.83. The number of fused-ring (bicyclic) bond motifs is 3. The number of alkyl halides is 3. The zero-order valence-electron chi connectivity index (χ0n) is 56.6. The van der Waals surface area contributed by atoms with Gasteiger partial charge in [-0.3, -0.25) is 19.2 Å². The molecule has 6 aromatic rings. The minimum atomic E-state index is -1.60. The second-order valence-corrected chi connectivity index (χ2v) is 25.2. The van der Waals surface area contributed by atoms with Crippen molar-refractivity contribution in [2.75, 3.05) is 41.2 Å². The Hall–Kier alpha value is -11.1. The molecule has 3 aromatic carbocycles. The number of ether oxygens (including phenoxy) is 8. The molecular weight excluding hydrogens is 1370 g/mol. The second-order valence-electron chi connectivity index (χ2n) is 24.3. The number of nitrogens with one attached hydrogen (secondary N) is 3. The van der Waals surface area contributed by atoms with E-state index in [0.717, 1.165) is 9.86 Å². The first kappa shape index (κ1) is 77.9. The van der Waals surface area contributed by atoms with Gasteiger partial charge in [-0.15, -0.1) is 6.42 Å². The van der Waals surface area contributed by atoms with Crippen LogP contribution in [0.1, 0.15) is 103 Å². The molecule has 0 radical (unpaired) electrons. The van der Waals surface area contributed by atoms with E-state index in [1.807, 2.05) is 25.7 Å². The zero-order valence-corrected chi connectivity index (χ0v) is 58.2. The molecule has 0 unspecified atom stereocenters. The van der Waals surface area contributed by atoms with Crippen molar-refractivity contribution in [2.24, 2.45) is 23.5 Å². The van der Waals surface area contributed by atoms with Crippen molar-refractivity contribution in [1.29, 1.82) is 0 Å². The van der Waals surface area contributed by atoms with Crippen LogP contribution in [0.2, 0.25) is 0 Å². The molecule has 9 rings (SSSR count). The molecule has 3 saturated heterocycles. The maximum absolute atomic E-state index is 14.1. The van der Waals surface area contributed by atoms with Crippen LogP contribution in [0.15, 0.2) is 59.5 Å². The van der Waals surface area contributed by atoms with Crippen molar-refractivity contribution in [1.82, 2.24) is 30.9 Å². The molecule has 526 valence electrons. The van der Waals surface area contributed by atoms with Gasteiger partial charge >= 0.3 is 17.9 Å². The number of primary amides is 1. The van der Waals surface area contributed by atoms with E-state index >= 15 is 0 Å². The highest BCUT2D eigenvalue weighted by Crippen LogP contribution is 2.41. The van der Waals surface area contributed by atoms with E-state index in [0.29, 0.717) is 74.8 Å². The fraction of sp³-hybridized carbons (Fsp3) is 0.408. The summed E-state index contributed by atoms with van der Waals surface area (Å²) < 4.78 is 86.0. The summed E-state index contributed by atoms with van der Waals surface area (Å²) in [6, 6.07) is 8.02. The first-order chi connectivity index (χ1) is 47.3. The van der Waals surface area contributed by atoms with Crippen molar-refractivity contribution in [2.45, 2.75) is 129 Å². The Bertz CT molecular complexity index is 4400. The number of nitrogens with zero attached hydrogens (tertiary/aromatic N) is 5. The molecule has 6 N–H and O–H groups in total. The molecule has 3 fully saturated rings. The molecule has 0 spiro atoms. The van der Waals surface area contributed by atoms with Gasteiger partial charge in [0.2, 0.25) is 29.0 Å². The molecule has 29 heteroatoms. The van der Waals surface area contributed by atoms with E-state index < -0.39 is 107 Å². The Balaban J connectivity index is 0.000000224. The van der Waals surface area contributed by atoms with Crippen LogP contribution in [0.3, 0.4) is 0 Å². The first-order valence-corrected chi connectivity index (χ1v) is 31.7. The highest BCUT2D eigenvalue weighted by Gasteiger charge is 2.44. The molecular formula is C71H73BrF3N9O16. The Labute approximate surface area is 583 Å². The minimum absolute atomic E-state index is 0.0165. The number of aromatic nitrogens is 3. The number of carboxylic acids is 1. The Morgan fingerprint density at radius 3 is 1.29 bits per heavy atom. The quantitative estimate of drug-likeness (QED) is 0.0260. The number of nitrogens with two attached hydrogens (primary N) is 1. The van der Waals surface area contributed by atoms with E-state index in [4.69, 9.17) is 68.3 Å². The molecule has 4 amide bonds. The topological polar surface area (TPSA) is 323 Å². The average Bonchev–Trinajstić information content (AvgIpc) is 1.08. The predicted octanol–water partition coefficient (Wildman–Crippen LogP) is 9.51. The van der Waals surface area contributed by atoms with Crippen LogP contribution in [-0.4, -0.2) is 151 Å². The second kappa shape index (κ2) is 34.4. The molecule has 0 saturated carbocycles. The van der Waals surface area contributed by atoms with Gasteiger partial charge in [-0.1, -0.05) is 32.6 Å². The fourth-order valence-electron chi connectivity index (χ4n) is 10.7. The molecule has 0 bridgehead atoms. The Morgan fingerprint density at radius 2 is 0.940 bits per heavy atom. The number of pyridine rings is 3.